The zero-order valence-electron chi connectivity index (χ0n) is 13.3. The summed E-state index contributed by atoms with van der Waals surface area (Å²) in [7, 11) is 0. The Morgan fingerprint density at radius 1 is 1.00 bits per heavy atom. The first-order valence-corrected chi connectivity index (χ1v) is 8.28. The third kappa shape index (κ3) is 5.62. The molecule has 0 spiro atoms. The van der Waals surface area contributed by atoms with E-state index in [2.05, 4.69) is 31.8 Å². The molecule has 2 rings (SSSR count). The number of nitrogens with zero attached hydrogens (tertiary/aromatic N) is 1. The topological polar surface area (TPSA) is 70.6 Å². The van der Waals surface area contributed by atoms with Gasteiger partial charge in [0.1, 0.15) is 0 Å². The monoisotopic (exact) mass is 387 g/mol. The molecule has 24 heavy (non-hydrogen) atoms. The molecule has 124 valence electrons. The van der Waals surface area contributed by atoms with E-state index in [4.69, 9.17) is 0 Å². The first-order valence-electron chi connectivity index (χ1n) is 7.48. The summed E-state index contributed by atoms with van der Waals surface area (Å²) in [6.45, 7) is 2.08. The van der Waals surface area contributed by atoms with Crippen LogP contribution in [0.4, 0.5) is 0 Å². The van der Waals surface area contributed by atoms with Crippen molar-refractivity contribution in [1.29, 1.82) is 0 Å². The van der Waals surface area contributed by atoms with E-state index in [0.717, 1.165) is 10.0 Å². The summed E-state index contributed by atoms with van der Waals surface area (Å²) in [5.41, 5.74) is 4.71. The van der Waals surface area contributed by atoms with Gasteiger partial charge in [0.25, 0.3) is 5.91 Å². The lowest BCUT2D eigenvalue weighted by atomic mass is 10.1. The molecule has 2 amide bonds. The van der Waals surface area contributed by atoms with E-state index in [1.165, 1.54) is 0 Å². The van der Waals surface area contributed by atoms with Crippen LogP contribution in [0.3, 0.4) is 0 Å². The lowest BCUT2D eigenvalue weighted by Gasteiger charge is -2.05. The number of benzene rings is 2. The van der Waals surface area contributed by atoms with Crippen LogP contribution in [0.5, 0.6) is 0 Å². The molecule has 2 N–H and O–H groups in total. The molecular weight excluding hydrogens is 370 g/mol. The zero-order chi connectivity index (χ0) is 17.4. The maximum absolute atomic E-state index is 11.8. The van der Waals surface area contributed by atoms with Crippen LogP contribution >= 0.6 is 15.9 Å². The van der Waals surface area contributed by atoms with Gasteiger partial charge < -0.3 is 5.32 Å². The van der Waals surface area contributed by atoms with Gasteiger partial charge in [0.2, 0.25) is 5.91 Å². The number of rotatable bonds is 6. The second kappa shape index (κ2) is 8.98. The van der Waals surface area contributed by atoms with E-state index in [-0.39, 0.29) is 24.8 Å². The summed E-state index contributed by atoms with van der Waals surface area (Å²) >= 11 is 3.37. The summed E-state index contributed by atoms with van der Waals surface area (Å²) in [6, 6.07) is 16.5. The molecule has 0 saturated heterocycles. The van der Waals surface area contributed by atoms with Crippen LogP contribution in [0.1, 0.15) is 29.3 Å². The highest BCUT2D eigenvalue weighted by molar-refractivity contribution is 9.10. The van der Waals surface area contributed by atoms with Crippen LogP contribution in [0.15, 0.2) is 64.2 Å². The highest BCUT2D eigenvalue weighted by atomic mass is 79.9. The summed E-state index contributed by atoms with van der Waals surface area (Å²) < 4.78 is 0.984. The fourth-order valence-corrected chi connectivity index (χ4v) is 2.20. The molecule has 0 radical (unpaired) electrons. The maximum Gasteiger partial charge on any atom is 0.251 e. The third-order valence-electron chi connectivity index (χ3n) is 3.28. The van der Waals surface area contributed by atoms with Crippen LogP contribution in [-0.2, 0) is 4.79 Å². The summed E-state index contributed by atoms with van der Waals surface area (Å²) in [6.07, 6.45) is 0.162. The fraction of sp³-hybridized carbons (Fsp3) is 0.167. The number of amides is 2. The normalized spacial score (nSPS) is 11.0. The molecule has 0 unspecified atom stereocenters. The molecule has 0 heterocycles. The summed E-state index contributed by atoms with van der Waals surface area (Å²) in [4.78, 5) is 23.6. The van der Waals surface area contributed by atoms with Gasteiger partial charge in [0.15, 0.2) is 0 Å². The van der Waals surface area contributed by atoms with Crippen LogP contribution in [-0.4, -0.2) is 24.1 Å². The van der Waals surface area contributed by atoms with Gasteiger partial charge in [-0.1, -0.05) is 46.3 Å². The fourth-order valence-electron chi connectivity index (χ4n) is 1.94. The van der Waals surface area contributed by atoms with Crippen molar-refractivity contribution in [2.75, 3.05) is 6.54 Å². The Morgan fingerprint density at radius 3 is 2.33 bits per heavy atom. The van der Waals surface area contributed by atoms with Gasteiger partial charge in [-0.05, 0) is 36.8 Å². The van der Waals surface area contributed by atoms with E-state index in [1.807, 2.05) is 37.3 Å². The predicted molar refractivity (Wildman–Crippen MR) is 97.9 cm³/mol. The standard InChI is InChI=1S/C18H18BrN3O2/c1-13(14-7-9-16(19)10-8-14)21-22-17(23)11-12-20-18(24)15-5-3-2-4-6-15/h2-10H,11-12H2,1H3,(H,20,24)(H,22,23). The Labute approximate surface area is 149 Å². The Balaban J connectivity index is 1.76. The highest BCUT2D eigenvalue weighted by Crippen LogP contribution is 2.11. The number of hydrogen-bond acceptors (Lipinski definition) is 3. The molecule has 0 aliphatic heterocycles. The van der Waals surface area contributed by atoms with Crippen molar-refractivity contribution in [2.24, 2.45) is 5.10 Å². The first kappa shape index (κ1) is 17.9. The van der Waals surface area contributed by atoms with Gasteiger partial charge in [-0.25, -0.2) is 5.43 Å². The van der Waals surface area contributed by atoms with Gasteiger partial charge in [-0.2, -0.15) is 5.10 Å². The number of hydrogen-bond donors (Lipinski definition) is 2. The van der Waals surface area contributed by atoms with Gasteiger partial charge in [0.05, 0.1) is 5.71 Å². The molecular formula is C18H18BrN3O2. The Morgan fingerprint density at radius 2 is 1.67 bits per heavy atom. The van der Waals surface area contributed by atoms with E-state index >= 15 is 0 Å². The molecule has 2 aromatic rings. The smallest absolute Gasteiger partial charge is 0.251 e. The minimum atomic E-state index is -0.250. The predicted octanol–water partition coefficient (Wildman–Crippen LogP) is 3.11. The second-order valence-electron chi connectivity index (χ2n) is 5.11. The lowest BCUT2D eigenvalue weighted by molar-refractivity contribution is -0.120. The van der Waals surface area contributed by atoms with Crippen LogP contribution in [0.2, 0.25) is 0 Å². The highest BCUT2D eigenvalue weighted by Gasteiger charge is 2.06. The van der Waals surface area contributed by atoms with Crippen LogP contribution in [0, 0.1) is 0 Å². The van der Waals surface area contributed by atoms with Gasteiger partial charge >= 0.3 is 0 Å². The van der Waals surface area contributed by atoms with Crippen molar-refractivity contribution in [3.63, 3.8) is 0 Å². The van der Waals surface area contributed by atoms with E-state index < -0.39 is 0 Å². The van der Waals surface area contributed by atoms with Crippen molar-refractivity contribution in [1.82, 2.24) is 10.7 Å². The van der Waals surface area contributed by atoms with Crippen molar-refractivity contribution < 1.29 is 9.59 Å². The number of nitrogens with one attached hydrogen (secondary N) is 2. The third-order valence-corrected chi connectivity index (χ3v) is 3.81. The van der Waals surface area contributed by atoms with E-state index in [0.29, 0.717) is 11.3 Å². The van der Waals surface area contributed by atoms with Crippen molar-refractivity contribution in [3.05, 3.63) is 70.2 Å². The minimum Gasteiger partial charge on any atom is -0.352 e. The molecule has 0 saturated carbocycles. The molecule has 0 aromatic heterocycles. The average Bonchev–Trinajstić information content (AvgIpc) is 2.61. The van der Waals surface area contributed by atoms with E-state index in [9.17, 15) is 9.59 Å². The maximum atomic E-state index is 11.8. The molecule has 0 atom stereocenters. The SMILES string of the molecule is CC(=NNC(=O)CCNC(=O)c1ccccc1)c1ccc(Br)cc1. The van der Waals surface area contributed by atoms with Crippen LogP contribution in [0.25, 0.3) is 0 Å². The quantitative estimate of drug-likeness (QED) is 0.590. The minimum absolute atomic E-state index is 0.162. The summed E-state index contributed by atoms with van der Waals surface area (Å²) in [5.74, 6) is -0.447. The molecule has 5 nitrogen and oxygen atoms in total. The Hall–Kier alpha value is -2.47. The number of halogens is 1. The molecule has 0 bridgehead atoms. The average molecular weight is 388 g/mol. The van der Waals surface area contributed by atoms with Gasteiger partial charge in [-0.15, -0.1) is 0 Å². The molecule has 6 heteroatoms. The summed E-state index contributed by atoms with van der Waals surface area (Å²) in [5, 5.41) is 6.77. The van der Waals surface area contributed by atoms with Gasteiger partial charge in [0, 0.05) is 23.0 Å². The zero-order valence-corrected chi connectivity index (χ0v) is 14.8. The Bertz CT molecular complexity index is 728. The Kier molecular flexibility index (Phi) is 6.69. The second-order valence-corrected chi connectivity index (χ2v) is 6.03. The number of hydrazone groups is 1. The number of carbonyl (C=O) groups is 2. The van der Waals surface area contributed by atoms with E-state index in [1.54, 1.807) is 24.3 Å². The lowest BCUT2D eigenvalue weighted by Crippen LogP contribution is -2.29. The molecule has 0 aliphatic rings. The first-order chi connectivity index (χ1) is 11.6. The van der Waals surface area contributed by atoms with Crippen LogP contribution < -0.4 is 10.7 Å². The van der Waals surface area contributed by atoms with Crippen molar-refractivity contribution >= 4 is 33.5 Å². The number of carbonyl (C=O) groups excluding carboxylic acids is 2. The van der Waals surface area contributed by atoms with Crippen molar-refractivity contribution in [3.8, 4) is 0 Å². The molecule has 0 aliphatic carbocycles. The largest absolute Gasteiger partial charge is 0.352 e. The molecule has 2 aromatic carbocycles. The van der Waals surface area contributed by atoms with Crippen molar-refractivity contribution in [2.45, 2.75) is 13.3 Å². The molecule has 0 fully saturated rings. The van der Waals surface area contributed by atoms with Gasteiger partial charge in [-0.3, -0.25) is 9.59 Å².